The summed E-state index contributed by atoms with van der Waals surface area (Å²) in [7, 11) is 0. The molecule has 0 spiro atoms. The maximum atomic E-state index is 12.3. The Morgan fingerprint density at radius 3 is 2.78 bits per heavy atom. The van der Waals surface area contributed by atoms with Crippen LogP contribution in [0.2, 0.25) is 0 Å². The molecule has 1 unspecified atom stereocenters. The van der Waals surface area contributed by atoms with Gasteiger partial charge >= 0.3 is 5.97 Å². The van der Waals surface area contributed by atoms with Gasteiger partial charge in [0.15, 0.2) is 0 Å². The van der Waals surface area contributed by atoms with Gasteiger partial charge in [-0.2, -0.15) is 0 Å². The Morgan fingerprint density at radius 1 is 1.35 bits per heavy atom. The molecular weight excluding hydrogens is 294 g/mol. The first-order valence-electron chi connectivity index (χ1n) is 7.88. The number of nitrogens with zero attached hydrogens (tertiary/aromatic N) is 1. The van der Waals surface area contributed by atoms with Gasteiger partial charge < -0.3 is 14.7 Å². The number of carboxylic acids is 1. The number of carbonyl (C=O) groups excluding carboxylic acids is 1. The first-order valence-corrected chi connectivity index (χ1v) is 7.88. The van der Waals surface area contributed by atoms with E-state index in [2.05, 4.69) is 12.1 Å². The van der Waals surface area contributed by atoms with E-state index < -0.39 is 12.1 Å². The fraction of sp³-hybridized carbons (Fsp3) is 0.444. The Morgan fingerprint density at radius 2 is 2.09 bits per heavy atom. The molecule has 1 saturated heterocycles. The second-order valence-electron chi connectivity index (χ2n) is 5.85. The predicted molar refractivity (Wildman–Crippen MR) is 87.1 cm³/mol. The standard InChI is InChI=1S/C18H23NO4/c1-14(7-8-15-5-3-2-4-6-15)11-17(20)19-9-10-23-16(13-19)12-18(21)22/h2-6,11,16H,7-10,12-13H2,1H3,(H,21,22)/b14-11-. The largest absolute Gasteiger partial charge is 0.481 e. The summed E-state index contributed by atoms with van der Waals surface area (Å²) < 4.78 is 5.38. The quantitative estimate of drug-likeness (QED) is 0.817. The number of aliphatic carboxylic acids is 1. The Balaban J connectivity index is 1.85. The highest BCUT2D eigenvalue weighted by Crippen LogP contribution is 2.12. The number of allylic oxidation sites excluding steroid dienone is 1. The van der Waals surface area contributed by atoms with Crippen molar-refractivity contribution in [1.82, 2.24) is 4.90 Å². The topological polar surface area (TPSA) is 66.8 Å². The molecule has 1 aliphatic rings. The van der Waals surface area contributed by atoms with Gasteiger partial charge in [0.25, 0.3) is 0 Å². The number of hydrogen-bond acceptors (Lipinski definition) is 3. The minimum atomic E-state index is -0.904. The van der Waals surface area contributed by atoms with Crippen molar-refractivity contribution < 1.29 is 19.4 Å². The SMILES string of the molecule is C/C(=C/C(=O)N1CCOC(CC(=O)O)C1)CCc1ccccc1. The first-order chi connectivity index (χ1) is 11.0. The second kappa shape index (κ2) is 8.48. The van der Waals surface area contributed by atoms with Crippen LogP contribution in [-0.4, -0.2) is 47.7 Å². The molecule has 1 N–H and O–H groups in total. The van der Waals surface area contributed by atoms with E-state index in [-0.39, 0.29) is 12.3 Å². The molecule has 0 radical (unpaired) electrons. The molecule has 1 aromatic rings. The summed E-state index contributed by atoms with van der Waals surface area (Å²) in [5.74, 6) is -0.965. The predicted octanol–water partition coefficient (Wildman–Crippen LogP) is 2.27. The maximum absolute atomic E-state index is 12.3. The lowest BCUT2D eigenvalue weighted by atomic mass is 10.1. The number of amides is 1. The van der Waals surface area contributed by atoms with Crippen LogP contribution in [0.1, 0.15) is 25.3 Å². The molecule has 1 heterocycles. The average molecular weight is 317 g/mol. The molecule has 0 aromatic heterocycles. The summed E-state index contributed by atoms with van der Waals surface area (Å²) in [4.78, 5) is 24.7. The number of ether oxygens (including phenoxy) is 1. The molecule has 124 valence electrons. The van der Waals surface area contributed by atoms with Crippen molar-refractivity contribution in [2.24, 2.45) is 0 Å². The van der Waals surface area contributed by atoms with Crippen molar-refractivity contribution in [2.75, 3.05) is 19.7 Å². The van der Waals surface area contributed by atoms with Crippen LogP contribution >= 0.6 is 0 Å². The number of morpholine rings is 1. The van der Waals surface area contributed by atoms with Gasteiger partial charge in [-0.25, -0.2) is 0 Å². The van der Waals surface area contributed by atoms with E-state index in [9.17, 15) is 9.59 Å². The molecule has 5 nitrogen and oxygen atoms in total. The van der Waals surface area contributed by atoms with E-state index in [1.807, 2.05) is 25.1 Å². The van der Waals surface area contributed by atoms with Gasteiger partial charge in [0.1, 0.15) is 0 Å². The van der Waals surface area contributed by atoms with E-state index >= 15 is 0 Å². The number of hydrogen-bond donors (Lipinski definition) is 1. The molecule has 1 atom stereocenters. The van der Waals surface area contributed by atoms with Gasteiger partial charge in [0, 0.05) is 19.2 Å². The molecule has 1 fully saturated rings. The third-order valence-corrected chi connectivity index (χ3v) is 3.87. The van der Waals surface area contributed by atoms with Crippen molar-refractivity contribution in [3.8, 4) is 0 Å². The number of rotatable bonds is 6. The summed E-state index contributed by atoms with van der Waals surface area (Å²) >= 11 is 0. The van der Waals surface area contributed by atoms with Crippen molar-refractivity contribution in [2.45, 2.75) is 32.3 Å². The number of carboxylic acid groups (broad SMARTS) is 1. The van der Waals surface area contributed by atoms with Crippen LogP contribution < -0.4 is 0 Å². The zero-order valence-corrected chi connectivity index (χ0v) is 13.4. The van der Waals surface area contributed by atoms with Crippen LogP contribution in [0.3, 0.4) is 0 Å². The molecule has 1 amide bonds. The molecule has 1 aromatic carbocycles. The molecule has 1 aliphatic heterocycles. The molecule has 0 saturated carbocycles. The van der Waals surface area contributed by atoms with E-state index in [1.54, 1.807) is 11.0 Å². The fourth-order valence-corrected chi connectivity index (χ4v) is 2.60. The molecule has 23 heavy (non-hydrogen) atoms. The summed E-state index contributed by atoms with van der Waals surface area (Å²) in [6.07, 6.45) is 2.91. The summed E-state index contributed by atoms with van der Waals surface area (Å²) in [5.41, 5.74) is 2.28. The Labute approximate surface area is 136 Å². The van der Waals surface area contributed by atoms with Crippen molar-refractivity contribution >= 4 is 11.9 Å². The lowest BCUT2D eigenvalue weighted by Crippen LogP contribution is -2.45. The van der Waals surface area contributed by atoms with E-state index in [1.165, 1.54) is 5.56 Å². The summed E-state index contributed by atoms with van der Waals surface area (Å²) in [5, 5.41) is 8.82. The van der Waals surface area contributed by atoms with Crippen LogP contribution in [0, 0.1) is 0 Å². The van der Waals surface area contributed by atoms with Crippen LogP contribution in [0.25, 0.3) is 0 Å². The fourth-order valence-electron chi connectivity index (χ4n) is 2.60. The number of aryl methyl sites for hydroxylation is 1. The average Bonchev–Trinajstić information content (AvgIpc) is 2.53. The lowest BCUT2D eigenvalue weighted by molar-refractivity contribution is -0.145. The summed E-state index contributed by atoms with van der Waals surface area (Å²) in [6.45, 7) is 3.20. The van der Waals surface area contributed by atoms with Crippen LogP contribution in [0.15, 0.2) is 42.0 Å². The first kappa shape index (κ1) is 17.2. The van der Waals surface area contributed by atoms with Gasteiger partial charge in [-0.05, 0) is 25.3 Å². The van der Waals surface area contributed by atoms with E-state index in [0.29, 0.717) is 19.7 Å². The van der Waals surface area contributed by atoms with E-state index in [4.69, 9.17) is 9.84 Å². The lowest BCUT2D eigenvalue weighted by Gasteiger charge is -2.31. The van der Waals surface area contributed by atoms with Crippen LogP contribution in [0.4, 0.5) is 0 Å². The molecule has 2 rings (SSSR count). The maximum Gasteiger partial charge on any atom is 0.306 e. The zero-order valence-electron chi connectivity index (χ0n) is 13.4. The second-order valence-corrected chi connectivity index (χ2v) is 5.85. The van der Waals surface area contributed by atoms with Gasteiger partial charge in [0.05, 0.1) is 19.1 Å². The highest BCUT2D eigenvalue weighted by molar-refractivity contribution is 5.88. The third kappa shape index (κ3) is 5.87. The minimum absolute atomic E-state index is 0.0609. The third-order valence-electron chi connectivity index (χ3n) is 3.87. The highest BCUT2D eigenvalue weighted by Gasteiger charge is 2.24. The monoisotopic (exact) mass is 317 g/mol. The van der Waals surface area contributed by atoms with Crippen molar-refractivity contribution in [1.29, 1.82) is 0 Å². The Hall–Kier alpha value is -2.14. The number of carbonyl (C=O) groups is 2. The normalized spacial score (nSPS) is 18.7. The Bertz CT molecular complexity index is 568. The van der Waals surface area contributed by atoms with Crippen LogP contribution in [0.5, 0.6) is 0 Å². The molecular formula is C18H23NO4. The molecule has 0 aliphatic carbocycles. The van der Waals surface area contributed by atoms with Gasteiger partial charge in [0.2, 0.25) is 5.91 Å². The summed E-state index contributed by atoms with van der Waals surface area (Å²) in [6, 6.07) is 10.2. The van der Waals surface area contributed by atoms with Crippen molar-refractivity contribution in [3.05, 3.63) is 47.5 Å². The molecule has 5 heteroatoms. The van der Waals surface area contributed by atoms with Gasteiger partial charge in [-0.3, -0.25) is 9.59 Å². The highest BCUT2D eigenvalue weighted by atomic mass is 16.5. The van der Waals surface area contributed by atoms with Gasteiger partial charge in [-0.1, -0.05) is 35.9 Å². The van der Waals surface area contributed by atoms with E-state index in [0.717, 1.165) is 18.4 Å². The minimum Gasteiger partial charge on any atom is -0.481 e. The van der Waals surface area contributed by atoms with Gasteiger partial charge in [-0.15, -0.1) is 0 Å². The zero-order chi connectivity index (χ0) is 16.7. The van der Waals surface area contributed by atoms with Crippen molar-refractivity contribution in [3.63, 3.8) is 0 Å². The number of benzene rings is 1. The Kier molecular flexibility index (Phi) is 6.35. The van der Waals surface area contributed by atoms with Crippen LogP contribution in [-0.2, 0) is 20.7 Å². The molecule has 0 bridgehead atoms. The smallest absolute Gasteiger partial charge is 0.306 e.